The Morgan fingerprint density at radius 1 is 1.20 bits per heavy atom. The summed E-state index contributed by atoms with van der Waals surface area (Å²) in [5, 5.41) is 6.35. The van der Waals surface area contributed by atoms with Crippen LogP contribution >= 0.6 is 35.1 Å². The second-order valence-electron chi connectivity index (χ2n) is 6.21. The van der Waals surface area contributed by atoms with Crippen molar-refractivity contribution in [2.45, 2.75) is 24.1 Å². The molecule has 0 bridgehead atoms. The molecular weight excluding hydrogens is 378 g/mol. The SMILES string of the molecule is O=C1CSC(c2cccc(Cl)c2)c2c(n(C3CCSCC3)[nH]c2=O)N1. The lowest BCUT2D eigenvalue weighted by atomic mass is 10.1. The topological polar surface area (TPSA) is 66.9 Å². The Bertz CT molecular complexity index is 858. The molecule has 2 aliphatic heterocycles. The third-order valence-corrected chi connectivity index (χ3v) is 7.13. The molecule has 1 atom stereocenters. The molecule has 1 aromatic carbocycles. The van der Waals surface area contributed by atoms with Gasteiger partial charge in [0.25, 0.3) is 5.56 Å². The van der Waals surface area contributed by atoms with Gasteiger partial charge in [-0.05, 0) is 42.0 Å². The number of amides is 1. The molecule has 0 spiro atoms. The number of halogens is 1. The summed E-state index contributed by atoms with van der Waals surface area (Å²) in [5.74, 6) is 3.00. The van der Waals surface area contributed by atoms with E-state index in [-0.39, 0.29) is 22.8 Å². The fraction of sp³-hybridized carbons (Fsp3) is 0.412. The minimum Gasteiger partial charge on any atom is -0.310 e. The Morgan fingerprint density at radius 3 is 2.76 bits per heavy atom. The molecule has 1 unspecified atom stereocenters. The Balaban J connectivity index is 1.82. The molecule has 1 amide bonds. The van der Waals surface area contributed by atoms with Crippen LogP contribution in [0.15, 0.2) is 29.1 Å². The van der Waals surface area contributed by atoms with Crippen molar-refractivity contribution in [1.82, 2.24) is 9.78 Å². The third-order valence-electron chi connectivity index (χ3n) is 4.57. The maximum atomic E-state index is 12.8. The van der Waals surface area contributed by atoms with Gasteiger partial charge in [0.2, 0.25) is 5.91 Å². The van der Waals surface area contributed by atoms with Gasteiger partial charge in [0, 0.05) is 5.02 Å². The number of aromatic nitrogens is 2. The van der Waals surface area contributed by atoms with Gasteiger partial charge >= 0.3 is 0 Å². The number of carbonyl (C=O) groups is 1. The van der Waals surface area contributed by atoms with Crippen molar-refractivity contribution in [1.29, 1.82) is 0 Å². The van der Waals surface area contributed by atoms with Crippen molar-refractivity contribution in [3.05, 3.63) is 50.8 Å². The molecule has 1 saturated heterocycles. The van der Waals surface area contributed by atoms with Crippen molar-refractivity contribution in [2.75, 3.05) is 22.6 Å². The first-order valence-electron chi connectivity index (χ1n) is 8.22. The normalized spacial score (nSPS) is 21.5. The molecular formula is C17H18ClN3O2S2. The lowest BCUT2D eigenvalue weighted by Crippen LogP contribution is -2.22. The molecule has 2 N–H and O–H groups in total. The molecule has 8 heteroatoms. The van der Waals surface area contributed by atoms with E-state index < -0.39 is 0 Å². The number of rotatable bonds is 2. The molecule has 0 radical (unpaired) electrons. The van der Waals surface area contributed by atoms with Crippen LogP contribution in [-0.4, -0.2) is 32.9 Å². The number of hydrogen-bond acceptors (Lipinski definition) is 4. The number of fused-ring (bicyclic) bond motifs is 1. The van der Waals surface area contributed by atoms with Crippen LogP contribution in [0.3, 0.4) is 0 Å². The summed E-state index contributed by atoms with van der Waals surface area (Å²) >= 11 is 9.53. The molecule has 0 aliphatic carbocycles. The third kappa shape index (κ3) is 3.37. The Hall–Kier alpha value is -1.31. The van der Waals surface area contributed by atoms with E-state index in [9.17, 15) is 9.59 Å². The zero-order valence-electron chi connectivity index (χ0n) is 13.5. The number of nitrogens with zero attached hydrogens (tertiary/aromatic N) is 1. The zero-order valence-corrected chi connectivity index (χ0v) is 15.8. The van der Waals surface area contributed by atoms with Crippen LogP contribution in [0.4, 0.5) is 5.82 Å². The summed E-state index contributed by atoms with van der Waals surface area (Å²) in [6.45, 7) is 0. The fourth-order valence-electron chi connectivity index (χ4n) is 3.39. The van der Waals surface area contributed by atoms with E-state index in [1.54, 1.807) is 0 Å². The Kier molecular flexibility index (Phi) is 4.88. The zero-order chi connectivity index (χ0) is 17.4. The lowest BCUT2D eigenvalue weighted by molar-refractivity contribution is -0.113. The largest absolute Gasteiger partial charge is 0.310 e. The van der Waals surface area contributed by atoms with Gasteiger partial charge in [0.05, 0.1) is 22.6 Å². The van der Waals surface area contributed by atoms with Crippen molar-refractivity contribution in [3.63, 3.8) is 0 Å². The quantitative estimate of drug-likeness (QED) is 0.814. The summed E-state index contributed by atoms with van der Waals surface area (Å²) in [5.41, 5.74) is 1.43. The average molecular weight is 396 g/mol. The molecule has 0 saturated carbocycles. The highest BCUT2D eigenvalue weighted by Gasteiger charge is 2.32. The van der Waals surface area contributed by atoms with E-state index in [2.05, 4.69) is 10.4 Å². The molecule has 3 heterocycles. The van der Waals surface area contributed by atoms with Crippen molar-refractivity contribution in [3.8, 4) is 0 Å². The predicted molar refractivity (Wildman–Crippen MR) is 105 cm³/mol. The summed E-state index contributed by atoms with van der Waals surface area (Å²) in [4.78, 5) is 25.0. The molecule has 132 valence electrons. The number of thioether (sulfide) groups is 2. The second-order valence-corrected chi connectivity index (χ2v) is 8.97. The van der Waals surface area contributed by atoms with Crippen LogP contribution in [-0.2, 0) is 4.79 Å². The van der Waals surface area contributed by atoms with Crippen LogP contribution < -0.4 is 10.9 Å². The summed E-state index contributed by atoms with van der Waals surface area (Å²) in [6, 6.07) is 7.73. The van der Waals surface area contributed by atoms with Crippen LogP contribution in [0.25, 0.3) is 0 Å². The van der Waals surface area contributed by atoms with E-state index in [0.29, 0.717) is 22.2 Å². The van der Waals surface area contributed by atoms with Gasteiger partial charge in [-0.25, -0.2) is 0 Å². The monoisotopic (exact) mass is 395 g/mol. The highest BCUT2D eigenvalue weighted by Crippen LogP contribution is 2.41. The number of hydrogen-bond donors (Lipinski definition) is 2. The summed E-state index contributed by atoms with van der Waals surface area (Å²) in [7, 11) is 0. The van der Waals surface area contributed by atoms with E-state index in [0.717, 1.165) is 29.9 Å². The molecule has 2 aliphatic rings. The smallest absolute Gasteiger partial charge is 0.270 e. The van der Waals surface area contributed by atoms with Crippen LogP contribution in [0, 0.1) is 0 Å². The van der Waals surface area contributed by atoms with E-state index in [1.165, 1.54) is 11.8 Å². The minimum absolute atomic E-state index is 0.0753. The maximum Gasteiger partial charge on any atom is 0.270 e. The number of H-pyrrole nitrogens is 1. The number of aromatic amines is 1. The van der Waals surface area contributed by atoms with Crippen molar-refractivity contribution < 1.29 is 4.79 Å². The number of carbonyl (C=O) groups excluding carboxylic acids is 1. The first-order valence-corrected chi connectivity index (χ1v) is 10.8. The standard InChI is InChI=1S/C17H18ClN3O2S2/c18-11-3-1-2-10(8-11)15-14-16(19-13(22)9-25-15)21(20-17(14)23)12-4-6-24-7-5-12/h1-3,8,12,15H,4-7,9H2,(H,19,22)(H,20,23). The van der Waals surface area contributed by atoms with Crippen LogP contribution in [0.5, 0.6) is 0 Å². The van der Waals surface area contributed by atoms with Gasteiger partial charge in [-0.1, -0.05) is 23.7 Å². The number of nitrogens with one attached hydrogen (secondary N) is 2. The lowest BCUT2D eigenvalue weighted by Gasteiger charge is -2.24. The van der Waals surface area contributed by atoms with Gasteiger partial charge in [-0.3, -0.25) is 19.4 Å². The Labute approximate surface area is 158 Å². The first-order chi connectivity index (χ1) is 12.1. The van der Waals surface area contributed by atoms with E-state index >= 15 is 0 Å². The van der Waals surface area contributed by atoms with E-state index in [1.807, 2.05) is 40.7 Å². The van der Waals surface area contributed by atoms with Gasteiger partial charge < -0.3 is 5.32 Å². The number of benzene rings is 1. The van der Waals surface area contributed by atoms with Gasteiger partial charge in [0.1, 0.15) is 5.82 Å². The fourth-order valence-corrected chi connectivity index (χ4v) is 5.79. The highest BCUT2D eigenvalue weighted by atomic mass is 35.5. The first kappa shape index (κ1) is 17.1. The molecule has 1 aromatic heterocycles. The van der Waals surface area contributed by atoms with E-state index in [4.69, 9.17) is 11.6 Å². The van der Waals surface area contributed by atoms with Gasteiger partial charge in [-0.15, -0.1) is 11.8 Å². The maximum absolute atomic E-state index is 12.8. The van der Waals surface area contributed by atoms with Crippen molar-refractivity contribution >= 4 is 46.8 Å². The number of anilines is 1. The highest BCUT2D eigenvalue weighted by molar-refractivity contribution is 8.00. The summed E-state index contributed by atoms with van der Waals surface area (Å²) < 4.78 is 1.89. The second kappa shape index (κ2) is 7.13. The average Bonchev–Trinajstić information content (AvgIpc) is 2.82. The van der Waals surface area contributed by atoms with Crippen LogP contribution in [0.1, 0.15) is 35.3 Å². The molecule has 2 aromatic rings. The molecule has 1 fully saturated rings. The van der Waals surface area contributed by atoms with Crippen molar-refractivity contribution in [2.24, 2.45) is 0 Å². The van der Waals surface area contributed by atoms with Gasteiger partial charge in [-0.2, -0.15) is 11.8 Å². The Morgan fingerprint density at radius 2 is 2.00 bits per heavy atom. The minimum atomic E-state index is -0.212. The van der Waals surface area contributed by atoms with Crippen LogP contribution in [0.2, 0.25) is 5.02 Å². The molecule has 5 nitrogen and oxygen atoms in total. The van der Waals surface area contributed by atoms with Gasteiger partial charge in [0.15, 0.2) is 0 Å². The summed E-state index contributed by atoms with van der Waals surface area (Å²) in [6.07, 6.45) is 1.99. The molecule has 25 heavy (non-hydrogen) atoms. The molecule has 4 rings (SSSR count). The predicted octanol–water partition coefficient (Wildman–Crippen LogP) is 3.67.